The molecule has 2 aliphatic rings. The van der Waals surface area contributed by atoms with E-state index in [4.69, 9.17) is 0 Å². The van der Waals surface area contributed by atoms with Crippen molar-refractivity contribution in [3.05, 3.63) is 0 Å². The highest BCUT2D eigenvalue weighted by atomic mass is 32.2. The molecule has 0 aromatic rings. The van der Waals surface area contributed by atoms with E-state index in [9.17, 15) is 0 Å². The largest absolute Gasteiger partial charge is 0.304 e. The second-order valence-electron chi connectivity index (χ2n) is 4.06. The van der Waals surface area contributed by atoms with E-state index < -0.39 is 0 Å². The summed E-state index contributed by atoms with van der Waals surface area (Å²) < 4.78 is 0. The van der Waals surface area contributed by atoms with Gasteiger partial charge in [0, 0.05) is 18.8 Å². The Morgan fingerprint density at radius 2 is 1.62 bits per heavy atom. The Morgan fingerprint density at radius 3 is 2.06 bits per heavy atom. The standard InChI is InChI=1S/C9H18N2S.2C2H6/c1-10-5-3-4-9(8-10)11(2)6-7-12-9;2*1-2/h3-8H2,1-2H3;2*1-2H3. The Labute approximate surface area is 107 Å². The molecule has 0 N–H and O–H groups in total. The predicted octanol–water partition coefficient (Wildman–Crippen LogP) is 3.14. The molecule has 0 saturated carbocycles. The van der Waals surface area contributed by atoms with E-state index in [1.807, 2.05) is 27.7 Å². The van der Waals surface area contributed by atoms with Crippen LogP contribution in [-0.2, 0) is 0 Å². The van der Waals surface area contributed by atoms with Crippen molar-refractivity contribution in [1.29, 1.82) is 0 Å². The molecule has 0 radical (unpaired) electrons. The van der Waals surface area contributed by atoms with Gasteiger partial charge in [-0.1, -0.05) is 27.7 Å². The zero-order valence-corrected chi connectivity index (χ0v) is 12.9. The number of nitrogens with zero attached hydrogens (tertiary/aromatic N) is 2. The van der Waals surface area contributed by atoms with E-state index >= 15 is 0 Å². The molecule has 2 saturated heterocycles. The van der Waals surface area contributed by atoms with Gasteiger partial charge in [0.2, 0.25) is 0 Å². The maximum atomic E-state index is 2.55. The van der Waals surface area contributed by atoms with Gasteiger partial charge in [-0.3, -0.25) is 4.90 Å². The van der Waals surface area contributed by atoms with Crippen molar-refractivity contribution in [3.8, 4) is 0 Å². The van der Waals surface area contributed by atoms with Gasteiger partial charge in [0.25, 0.3) is 0 Å². The zero-order valence-electron chi connectivity index (χ0n) is 12.0. The first-order chi connectivity index (χ1) is 7.73. The lowest BCUT2D eigenvalue weighted by Gasteiger charge is -2.42. The zero-order chi connectivity index (χ0) is 12.6. The van der Waals surface area contributed by atoms with Gasteiger partial charge < -0.3 is 4.90 Å². The van der Waals surface area contributed by atoms with E-state index in [1.165, 1.54) is 38.2 Å². The fourth-order valence-electron chi connectivity index (χ4n) is 2.32. The predicted molar refractivity (Wildman–Crippen MR) is 77.2 cm³/mol. The number of rotatable bonds is 0. The van der Waals surface area contributed by atoms with Gasteiger partial charge in [0.15, 0.2) is 0 Å². The summed E-state index contributed by atoms with van der Waals surface area (Å²) >= 11 is 2.16. The lowest BCUT2D eigenvalue weighted by Crippen LogP contribution is -2.51. The third-order valence-electron chi connectivity index (χ3n) is 3.12. The fraction of sp³-hybridized carbons (Fsp3) is 1.00. The number of likely N-dealkylation sites (N-methyl/N-ethyl adjacent to an activating group) is 2. The molecule has 0 aromatic heterocycles. The summed E-state index contributed by atoms with van der Waals surface area (Å²) in [6.07, 6.45) is 2.76. The topological polar surface area (TPSA) is 6.48 Å². The van der Waals surface area contributed by atoms with Gasteiger partial charge in [-0.2, -0.15) is 0 Å². The maximum absolute atomic E-state index is 2.55. The normalized spacial score (nSPS) is 30.4. The third kappa shape index (κ3) is 3.94. The molecule has 0 amide bonds. The fourth-order valence-corrected chi connectivity index (χ4v) is 3.98. The average molecular weight is 246 g/mol. The van der Waals surface area contributed by atoms with Crippen LogP contribution in [0.25, 0.3) is 0 Å². The Kier molecular flexibility index (Phi) is 8.52. The highest BCUT2D eigenvalue weighted by molar-refractivity contribution is 8.00. The van der Waals surface area contributed by atoms with E-state index in [-0.39, 0.29) is 0 Å². The van der Waals surface area contributed by atoms with Crippen LogP contribution in [0.2, 0.25) is 0 Å². The minimum absolute atomic E-state index is 0.479. The van der Waals surface area contributed by atoms with Crippen LogP contribution in [0.1, 0.15) is 40.5 Å². The van der Waals surface area contributed by atoms with Crippen LogP contribution in [0.15, 0.2) is 0 Å². The molecule has 1 spiro atoms. The molecule has 2 aliphatic heterocycles. The van der Waals surface area contributed by atoms with Crippen molar-refractivity contribution in [3.63, 3.8) is 0 Å². The molecule has 16 heavy (non-hydrogen) atoms. The second kappa shape index (κ2) is 8.37. The minimum atomic E-state index is 0.479. The first-order valence-corrected chi connectivity index (χ1v) is 7.75. The molecule has 2 fully saturated rings. The summed E-state index contributed by atoms with van der Waals surface area (Å²) in [7, 11) is 4.52. The third-order valence-corrected chi connectivity index (χ3v) is 4.69. The van der Waals surface area contributed by atoms with Crippen molar-refractivity contribution >= 4 is 11.8 Å². The summed E-state index contributed by atoms with van der Waals surface area (Å²) in [5.74, 6) is 1.32. The van der Waals surface area contributed by atoms with Crippen LogP contribution >= 0.6 is 11.8 Å². The van der Waals surface area contributed by atoms with Gasteiger partial charge in [0.05, 0.1) is 4.87 Å². The summed E-state index contributed by atoms with van der Waals surface area (Å²) in [5, 5.41) is 0. The number of hydrogen-bond donors (Lipinski definition) is 0. The van der Waals surface area contributed by atoms with E-state index in [2.05, 4.69) is 35.7 Å². The highest BCUT2D eigenvalue weighted by Gasteiger charge is 2.41. The summed E-state index contributed by atoms with van der Waals surface area (Å²) in [6, 6.07) is 0. The van der Waals surface area contributed by atoms with Crippen LogP contribution < -0.4 is 0 Å². The van der Waals surface area contributed by atoms with E-state index in [1.54, 1.807) is 0 Å². The average Bonchev–Trinajstić information content (AvgIpc) is 2.66. The van der Waals surface area contributed by atoms with Crippen LogP contribution in [-0.4, -0.2) is 54.2 Å². The molecule has 98 valence electrons. The van der Waals surface area contributed by atoms with Crippen LogP contribution in [0, 0.1) is 0 Å². The van der Waals surface area contributed by atoms with Crippen LogP contribution in [0.5, 0.6) is 0 Å². The second-order valence-corrected chi connectivity index (χ2v) is 5.51. The molecule has 1 unspecified atom stereocenters. The number of thioether (sulfide) groups is 1. The summed E-state index contributed by atoms with van der Waals surface area (Å²) in [6.45, 7) is 11.8. The summed E-state index contributed by atoms with van der Waals surface area (Å²) in [4.78, 5) is 5.50. The van der Waals surface area contributed by atoms with Crippen molar-refractivity contribution < 1.29 is 0 Å². The van der Waals surface area contributed by atoms with Crippen molar-refractivity contribution in [2.45, 2.75) is 45.4 Å². The monoisotopic (exact) mass is 246 g/mol. The van der Waals surface area contributed by atoms with Crippen molar-refractivity contribution in [1.82, 2.24) is 9.80 Å². The molecule has 2 rings (SSSR count). The van der Waals surface area contributed by atoms with E-state index in [0.717, 1.165) is 0 Å². The molecule has 3 heteroatoms. The van der Waals surface area contributed by atoms with Crippen LogP contribution in [0.4, 0.5) is 0 Å². The van der Waals surface area contributed by atoms with Crippen molar-refractivity contribution in [2.24, 2.45) is 0 Å². The molecule has 2 heterocycles. The summed E-state index contributed by atoms with van der Waals surface area (Å²) in [5.41, 5.74) is 0. The highest BCUT2D eigenvalue weighted by Crippen LogP contribution is 2.40. The Balaban J connectivity index is 0.000000509. The van der Waals surface area contributed by atoms with Gasteiger partial charge >= 0.3 is 0 Å². The van der Waals surface area contributed by atoms with Gasteiger partial charge in [-0.15, -0.1) is 11.8 Å². The smallest absolute Gasteiger partial charge is 0.0797 e. The molecule has 0 aliphatic carbocycles. The number of hydrogen-bond acceptors (Lipinski definition) is 3. The molecular weight excluding hydrogens is 216 g/mol. The Hall–Kier alpha value is 0.270. The van der Waals surface area contributed by atoms with Gasteiger partial charge in [-0.25, -0.2) is 0 Å². The van der Waals surface area contributed by atoms with E-state index in [0.29, 0.717) is 4.87 Å². The number of likely N-dealkylation sites (tertiary alicyclic amines) is 1. The quantitative estimate of drug-likeness (QED) is 0.648. The maximum Gasteiger partial charge on any atom is 0.0797 e. The minimum Gasteiger partial charge on any atom is -0.304 e. The molecule has 0 bridgehead atoms. The first-order valence-electron chi connectivity index (χ1n) is 6.77. The first kappa shape index (κ1) is 16.3. The Bertz CT molecular complexity index is 175. The van der Waals surface area contributed by atoms with Crippen LogP contribution in [0.3, 0.4) is 0 Å². The number of piperidine rings is 1. The molecule has 2 nitrogen and oxygen atoms in total. The van der Waals surface area contributed by atoms with Crippen molar-refractivity contribution in [2.75, 3.05) is 39.5 Å². The SMILES string of the molecule is CC.CC.CN1CCCC2(C1)SCCN2C. The molecule has 0 aromatic carbocycles. The molecule has 1 atom stereocenters. The lowest BCUT2D eigenvalue weighted by atomic mass is 10.0. The molecular formula is C13H30N2S. The lowest BCUT2D eigenvalue weighted by molar-refractivity contribution is 0.124. The van der Waals surface area contributed by atoms with Gasteiger partial charge in [-0.05, 0) is 33.5 Å². The Morgan fingerprint density at radius 1 is 1.00 bits per heavy atom. The van der Waals surface area contributed by atoms with Gasteiger partial charge in [0.1, 0.15) is 0 Å².